The number of carbonyl (C=O) groups excluding carboxylic acids is 1. The van der Waals surface area contributed by atoms with Gasteiger partial charge >= 0.3 is 0 Å². The van der Waals surface area contributed by atoms with Gasteiger partial charge in [-0.25, -0.2) is 0 Å². The number of methoxy groups -OCH3 is 2. The number of hydrogen-bond donors (Lipinski definition) is 1. The number of benzene rings is 3. The Hall–Kier alpha value is -2.96. The van der Waals surface area contributed by atoms with Crippen LogP contribution in [-0.2, 0) is 16.1 Å². The van der Waals surface area contributed by atoms with Crippen LogP contribution in [0.5, 0.6) is 11.5 Å². The summed E-state index contributed by atoms with van der Waals surface area (Å²) in [5.41, 5.74) is 3.19. The number of thioether (sulfide) groups is 1. The topological polar surface area (TPSA) is 56.8 Å². The Morgan fingerprint density at radius 2 is 1.48 bits per heavy atom. The van der Waals surface area contributed by atoms with E-state index in [-0.39, 0.29) is 17.3 Å². The maximum atomic E-state index is 12.5. The van der Waals surface area contributed by atoms with Crippen molar-refractivity contribution in [3.8, 4) is 11.5 Å². The zero-order valence-corrected chi connectivity index (χ0v) is 20.1. The van der Waals surface area contributed by atoms with Crippen LogP contribution in [0.4, 0.5) is 0 Å². The van der Waals surface area contributed by atoms with Crippen LogP contribution in [0, 0.1) is 0 Å². The summed E-state index contributed by atoms with van der Waals surface area (Å²) in [4.78, 5) is 12.5. The van der Waals surface area contributed by atoms with Gasteiger partial charge in [0, 0.05) is 12.3 Å². The Morgan fingerprint density at radius 1 is 0.879 bits per heavy atom. The summed E-state index contributed by atoms with van der Waals surface area (Å²) in [6.45, 7) is 2.90. The lowest BCUT2D eigenvalue weighted by molar-refractivity contribution is -0.120. The molecule has 1 unspecified atom stereocenters. The Morgan fingerprint density at radius 3 is 2.06 bits per heavy atom. The molecule has 3 rings (SSSR count). The Bertz CT molecular complexity index is 958. The molecule has 0 saturated carbocycles. The molecule has 33 heavy (non-hydrogen) atoms. The lowest BCUT2D eigenvalue weighted by Crippen LogP contribution is -2.30. The third-order valence-electron chi connectivity index (χ3n) is 5.22. The van der Waals surface area contributed by atoms with E-state index >= 15 is 0 Å². The molecule has 3 aromatic rings. The predicted octanol–water partition coefficient (Wildman–Crippen LogP) is 5.25. The van der Waals surface area contributed by atoms with Gasteiger partial charge < -0.3 is 19.5 Å². The fourth-order valence-electron chi connectivity index (χ4n) is 3.43. The molecule has 0 spiro atoms. The van der Waals surface area contributed by atoms with Crippen molar-refractivity contribution in [3.05, 3.63) is 95.6 Å². The molecule has 0 heterocycles. The smallest absolute Gasteiger partial charge is 0.233 e. The van der Waals surface area contributed by atoms with Crippen LogP contribution in [-0.4, -0.2) is 37.7 Å². The second kappa shape index (κ2) is 12.9. The van der Waals surface area contributed by atoms with Crippen molar-refractivity contribution < 1.29 is 19.0 Å². The number of nitrogens with one attached hydrogen (secondary N) is 1. The van der Waals surface area contributed by atoms with Gasteiger partial charge in [0.05, 0.1) is 26.1 Å². The molecular formula is C27H31NO4S. The van der Waals surface area contributed by atoms with Crippen molar-refractivity contribution in [1.29, 1.82) is 0 Å². The maximum Gasteiger partial charge on any atom is 0.233 e. The van der Waals surface area contributed by atoms with E-state index in [0.29, 0.717) is 24.7 Å². The maximum absolute atomic E-state index is 12.5. The minimum Gasteiger partial charge on any atom is -0.493 e. The van der Waals surface area contributed by atoms with E-state index < -0.39 is 0 Å². The van der Waals surface area contributed by atoms with Gasteiger partial charge in [0.1, 0.15) is 6.10 Å². The molecule has 0 bridgehead atoms. The van der Waals surface area contributed by atoms with Crippen LogP contribution < -0.4 is 14.8 Å². The molecule has 0 fully saturated rings. The molecule has 3 aromatic carbocycles. The van der Waals surface area contributed by atoms with Crippen molar-refractivity contribution in [2.24, 2.45) is 0 Å². The second-order valence-corrected chi connectivity index (χ2v) is 8.94. The SMILES string of the molecule is COc1ccc(CNC(=O)C(C)SCCOC(c2ccccc2)c2ccccc2)cc1OC. The fourth-order valence-corrected chi connectivity index (χ4v) is 4.21. The van der Waals surface area contributed by atoms with Gasteiger partial charge in [0.15, 0.2) is 11.5 Å². The normalized spacial score (nSPS) is 11.8. The van der Waals surface area contributed by atoms with Crippen LogP contribution in [0.15, 0.2) is 78.9 Å². The zero-order valence-electron chi connectivity index (χ0n) is 19.3. The largest absolute Gasteiger partial charge is 0.493 e. The monoisotopic (exact) mass is 465 g/mol. The number of ether oxygens (including phenoxy) is 3. The van der Waals surface area contributed by atoms with E-state index in [9.17, 15) is 4.79 Å². The van der Waals surface area contributed by atoms with E-state index in [4.69, 9.17) is 14.2 Å². The van der Waals surface area contributed by atoms with Gasteiger partial charge in [-0.1, -0.05) is 66.7 Å². The number of amides is 1. The van der Waals surface area contributed by atoms with Crippen molar-refractivity contribution >= 4 is 17.7 Å². The molecule has 1 amide bonds. The molecule has 0 aliphatic carbocycles. The van der Waals surface area contributed by atoms with Gasteiger partial charge in [-0.15, -0.1) is 11.8 Å². The Balaban J connectivity index is 1.47. The molecule has 6 heteroatoms. The molecule has 0 radical (unpaired) electrons. The van der Waals surface area contributed by atoms with Crippen LogP contribution >= 0.6 is 11.8 Å². The van der Waals surface area contributed by atoms with Gasteiger partial charge in [0.2, 0.25) is 5.91 Å². The first-order valence-electron chi connectivity index (χ1n) is 10.9. The first kappa shape index (κ1) is 24.7. The quantitative estimate of drug-likeness (QED) is 0.370. The first-order valence-corrected chi connectivity index (χ1v) is 12.0. The molecule has 1 N–H and O–H groups in total. The zero-order chi connectivity index (χ0) is 23.5. The van der Waals surface area contributed by atoms with Crippen molar-refractivity contribution in [3.63, 3.8) is 0 Å². The molecular weight excluding hydrogens is 434 g/mol. The minimum absolute atomic E-state index is 0.00236. The third kappa shape index (κ3) is 7.27. The third-order valence-corrected chi connectivity index (χ3v) is 6.34. The number of hydrogen-bond acceptors (Lipinski definition) is 5. The molecule has 174 valence electrons. The summed E-state index contributed by atoms with van der Waals surface area (Å²) in [6, 6.07) is 26.0. The van der Waals surface area contributed by atoms with Gasteiger partial charge in [0.25, 0.3) is 0 Å². The van der Waals surface area contributed by atoms with Crippen LogP contribution in [0.25, 0.3) is 0 Å². The van der Waals surface area contributed by atoms with Gasteiger partial charge in [-0.2, -0.15) is 0 Å². The second-order valence-electron chi connectivity index (χ2n) is 7.49. The Kier molecular flexibility index (Phi) is 9.66. The number of carbonyl (C=O) groups is 1. The highest BCUT2D eigenvalue weighted by atomic mass is 32.2. The van der Waals surface area contributed by atoms with Crippen LogP contribution in [0.2, 0.25) is 0 Å². The van der Waals surface area contributed by atoms with Gasteiger partial charge in [-0.05, 0) is 35.7 Å². The van der Waals surface area contributed by atoms with Crippen LogP contribution in [0.1, 0.15) is 29.7 Å². The van der Waals surface area contributed by atoms with E-state index in [0.717, 1.165) is 22.4 Å². The average Bonchev–Trinajstić information content (AvgIpc) is 2.87. The molecule has 0 aromatic heterocycles. The Labute approximate surface area is 200 Å². The van der Waals surface area contributed by atoms with E-state index in [1.807, 2.05) is 61.5 Å². The summed E-state index contributed by atoms with van der Waals surface area (Å²) in [6.07, 6.45) is -0.123. The minimum atomic E-state index is -0.180. The molecule has 0 saturated heterocycles. The highest BCUT2D eigenvalue weighted by Crippen LogP contribution is 2.28. The summed E-state index contributed by atoms with van der Waals surface area (Å²) in [5, 5.41) is 2.81. The first-order chi connectivity index (χ1) is 16.1. The summed E-state index contributed by atoms with van der Waals surface area (Å²) in [7, 11) is 3.20. The lowest BCUT2D eigenvalue weighted by atomic mass is 10.0. The highest BCUT2D eigenvalue weighted by Gasteiger charge is 2.16. The van der Waals surface area contributed by atoms with Crippen molar-refractivity contribution in [2.75, 3.05) is 26.6 Å². The molecule has 0 aliphatic heterocycles. The summed E-state index contributed by atoms with van der Waals surface area (Å²) < 4.78 is 16.8. The molecule has 5 nitrogen and oxygen atoms in total. The van der Waals surface area contributed by atoms with Crippen molar-refractivity contribution in [1.82, 2.24) is 5.32 Å². The predicted molar refractivity (Wildman–Crippen MR) is 134 cm³/mol. The van der Waals surface area contributed by atoms with E-state index in [1.165, 1.54) is 0 Å². The summed E-state index contributed by atoms with van der Waals surface area (Å²) >= 11 is 1.58. The lowest BCUT2D eigenvalue weighted by Gasteiger charge is -2.19. The highest BCUT2D eigenvalue weighted by molar-refractivity contribution is 8.00. The van der Waals surface area contributed by atoms with E-state index in [1.54, 1.807) is 26.0 Å². The molecule has 1 atom stereocenters. The van der Waals surface area contributed by atoms with E-state index in [2.05, 4.69) is 29.6 Å². The number of rotatable bonds is 12. The van der Waals surface area contributed by atoms with Crippen molar-refractivity contribution in [2.45, 2.75) is 24.8 Å². The van der Waals surface area contributed by atoms with Gasteiger partial charge in [-0.3, -0.25) is 4.79 Å². The average molecular weight is 466 g/mol. The molecule has 0 aliphatic rings. The summed E-state index contributed by atoms with van der Waals surface area (Å²) in [5.74, 6) is 2.04. The van der Waals surface area contributed by atoms with Crippen LogP contribution in [0.3, 0.4) is 0 Å². The standard InChI is InChI=1S/C27H31NO4S/c1-20(27(29)28-19-21-14-15-24(30-2)25(18-21)31-3)33-17-16-32-26(22-10-6-4-7-11-22)23-12-8-5-9-13-23/h4-15,18,20,26H,16-17,19H2,1-3H3,(H,28,29). The fraction of sp³-hybridized carbons (Fsp3) is 0.296.